The van der Waals surface area contributed by atoms with Gasteiger partial charge in [-0.1, -0.05) is 43.0 Å². The number of ether oxygens (including phenoxy) is 2. The second-order valence-electron chi connectivity index (χ2n) is 8.70. The molecule has 2 heterocycles. The summed E-state index contributed by atoms with van der Waals surface area (Å²) in [4.78, 5) is 11.4. The zero-order chi connectivity index (χ0) is 25.7. The van der Waals surface area contributed by atoms with E-state index in [4.69, 9.17) is 43.4 Å². The average molecular weight is 549 g/mol. The Bertz CT molecular complexity index is 1210. The van der Waals surface area contributed by atoms with Gasteiger partial charge in [0.2, 0.25) is 0 Å². The Morgan fingerprint density at radius 2 is 2.08 bits per heavy atom. The standard InChI is InChI=1S/C26H31Cl2N5O2S/c1-4-5-6-16(12-29)26-32-18(14-36-26)13-35-24-11-22-19(10-23(24)34-3)25(30-15-33(22)2)31-17-7-8-20(27)21(28)9-17/h7-11,14-16,22,31H,4-6,12-13,29H2,1-3H3. The van der Waals surface area contributed by atoms with Gasteiger partial charge in [0.05, 0.1) is 40.2 Å². The molecule has 0 fully saturated rings. The van der Waals surface area contributed by atoms with Crippen molar-refractivity contribution in [2.45, 2.75) is 44.8 Å². The zero-order valence-corrected chi connectivity index (χ0v) is 23.0. The molecular weight excluding hydrogens is 517 g/mol. The average Bonchev–Trinajstić information content (AvgIpc) is 3.35. The lowest BCUT2D eigenvalue weighted by molar-refractivity contribution is 0.159. The van der Waals surface area contributed by atoms with Crippen molar-refractivity contribution >= 4 is 46.6 Å². The van der Waals surface area contributed by atoms with Gasteiger partial charge in [-0.2, -0.15) is 0 Å². The molecule has 2 atom stereocenters. The van der Waals surface area contributed by atoms with Crippen molar-refractivity contribution in [3.63, 3.8) is 0 Å². The van der Waals surface area contributed by atoms with E-state index in [0.29, 0.717) is 46.5 Å². The topological polar surface area (TPSA) is 85.0 Å². The maximum absolute atomic E-state index is 6.19. The number of nitrogens with one attached hydrogen (secondary N) is 1. The first kappa shape index (κ1) is 26.5. The molecule has 0 saturated heterocycles. The largest absolute Gasteiger partial charge is 0.493 e. The summed E-state index contributed by atoms with van der Waals surface area (Å²) in [6, 6.07) is 5.30. The first-order chi connectivity index (χ1) is 17.4. The predicted molar refractivity (Wildman–Crippen MR) is 149 cm³/mol. The van der Waals surface area contributed by atoms with Crippen LogP contribution >= 0.6 is 34.5 Å². The molecule has 1 aromatic heterocycles. The number of thiazole rings is 1. The van der Waals surface area contributed by atoms with Crippen molar-refractivity contribution in [3.8, 4) is 0 Å². The molecule has 4 rings (SSSR count). The lowest BCUT2D eigenvalue weighted by Gasteiger charge is -2.33. The molecule has 1 aliphatic heterocycles. The smallest absolute Gasteiger partial charge is 0.161 e. The number of aliphatic imine (C=N–C) groups is 1. The molecule has 1 aliphatic carbocycles. The maximum Gasteiger partial charge on any atom is 0.161 e. The highest BCUT2D eigenvalue weighted by Crippen LogP contribution is 2.33. The van der Waals surface area contributed by atoms with Crippen molar-refractivity contribution in [1.29, 1.82) is 0 Å². The van der Waals surface area contributed by atoms with E-state index < -0.39 is 0 Å². The third-order valence-electron chi connectivity index (χ3n) is 6.13. The molecule has 0 radical (unpaired) electrons. The van der Waals surface area contributed by atoms with Crippen LogP contribution in [0.1, 0.15) is 42.8 Å². The van der Waals surface area contributed by atoms with Crippen molar-refractivity contribution in [2.75, 3.05) is 26.0 Å². The number of nitrogens with zero attached hydrogens (tertiary/aromatic N) is 3. The summed E-state index contributed by atoms with van der Waals surface area (Å²) in [6.45, 7) is 3.15. The van der Waals surface area contributed by atoms with Crippen molar-refractivity contribution < 1.29 is 9.47 Å². The highest BCUT2D eigenvalue weighted by molar-refractivity contribution is 7.09. The minimum absolute atomic E-state index is 0.0802. The molecule has 2 unspecified atom stereocenters. The fourth-order valence-corrected chi connectivity index (χ4v) is 5.32. The van der Waals surface area contributed by atoms with Gasteiger partial charge in [0.15, 0.2) is 11.5 Å². The van der Waals surface area contributed by atoms with E-state index in [2.05, 4.69) is 17.2 Å². The van der Waals surface area contributed by atoms with Gasteiger partial charge >= 0.3 is 0 Å². The van der Waals surface area contributed by atoms with Crippen LogP contribution in [0.5, 0.6) is 0 Å². The van der Waals surface area contributed by atoms with Crippen LogP contribution in [0.25, 0.3) is 0 Å². The highest BCUT2D eigenvalue weighted by atomic mass is 35.5. The number of unbranched alkanes of at least 4 members (excludes halogenated alkanes) is 1. The molecular formula is C26H31Cl2N5O2S. The van der Waals surface area contributed by atoms with Gasteiger partial charge in [0, 0.05) is 36.2 Å². The minimum atomic E-state index is -0.0802. The summed E-state index contributed by atoms with van der Waals surface area (Å²) >= 11 is 13.9. The number of hydrogen-bond donors (Lipinski definition) is 2. The number of rotatable bonds is 11. The van der Waals surface area contributed by atoms with Gasteiger partial charge in [-0.15, -0.1) is 11.3 Å². The molecule has 3 N–H and O–H groups in total. The summed E-state index contributed by atoms with van der Waals surface area (Å²) < 4.78 is 11.9. The van der Waals surface area contributed by atoms with Gasteiger partial charge in [0.1, 0.15) is 12.4 Å². The van der Waals surface area contributed by atoms with Crippen LogP contribution in [0.2, 0.25) is 10.0 Å². The van der Waals surface area contributed by atoms with Crippen molar-refractivity contribution in [1.82, 2.24) is 9.88 Å². The van der Waals surface area contributed by atoms with E-state index in [1.807, 2.05) is 35.5 Å². The number of nitrogens with two attached hydrogens (primary N) is 1. The molecule has 0 saturated carbocycles. The molecule has 0 spiro atoms. The Morgan fingerprint density at radius 1 is 1.25 bits per heavy atom. The normalized spacial score (nSPS) is 17.9. The van der Waals surface area contributed by atoms with E-state index in [1.165, 1.54) is 0 Å². The van der Waals surface area contributed by atoms with Gasteiger partial charge in [-0.25, -0.2) is 9.98 Å². The highest BCUT2D eigenvalue weighted by Gasteiger charge is 2.29. The van der Waals surface area contributed by atoms with E-state index in [9.17, 15) is 0 Å². The third-order valence-corrected chi connectivity index (χ3v) is 7.92. The van der Waals surface area contributed by atoms with Gasteiger partial charge in [-0.05, 0) is 36.8 Å². The van der Waals surface area contributed by atoms with Gasteiger partial charge < -0.3 is 25.4 Å². The quantitative estimate of drug-likeness (QED) is 0.343. The number of halogens is 2. The van der Waals surface area contributed by atoms with Gasteiger partial charge in [0.25, 0.3) is 0 Å². The first-order valence-electron chi connectivity index (χ1n) is 11.9. The minimum Gasteiger partial charge on any atom is -0.493 e. The molecule has 36 heavy (non-hydrogen) atoms. The second-order valence-corrected chi connectivity index (χ2v) is 10.4. The fraction of sp³-hybridized carbons (Fsp3) is 0.385. The van der Waals surface area contributed by atoms with Crippen molar-refractivity contribution in [3.05, 3.63) is 79.4 Å². The second kappa shape index (κ2) is 12.1. The molecule has 2 aromatic rings. The molecule has 0 amide bonds. The molecule has 10 heteroatoms. The lowest BCUT2D eigenvalue weighted by atomic mass is 9.97. The van der Waals surface area contributed by atoms with Crippen LogP contribution in [0, 0.1) is 0 Å². The Hall–Kier alpha value is -2.52. The SMILES string of the molecule is CCCCC(CN)c1nc(COC2=CC3C(=C(Nc4ccc(Cl)c(Cl)c4)N=CN3C)C=C2OC)cs1. The summed E-state index contributed by atoms with van der Waals surface area (Å²) in [7, 11) is 3.60. The number of benzene rings is 1. The Balaban J connectivity index is 1.51. The molecule has 2 aliphatic rings. The number of anilines is 1. The zero-order valence-electron chi connectivity index (χ0n) is 20.6. The van der Waals surface area contributed by atoms with E-state index in [-0.39, 0.29) is 6.04 Å². The molecule has 0 bridgehead atoms. The van der Waals surface area contributed by atoms with Gasteiger partial charge in [-0.3, -0.25) is 0 Å². The van der Waals surface area contributed by atoms with Crippen molar-refractivity contribution in [2.24, 2.45) is 10.7 Å². The van der Waals surface area contributed by atoms with Crippen LogP contribution in [-0.4, -0.2) is 43.0 Å². The number of likely N-dealkylation sites (N-methyl/N-ethyl adjacent to an activating group) is 1. The van der Waals surface area contributed by atoms with E-state index >= 15 is 0 Å². The Kier molecular flexibility index (Phi) is 8.95. The summed E-state index contributed by atoms with van der Waals surface area (Å²) in [5.74, 6) is 2.29. The number of aromatic nitrogens is 1. The van der Waals surface area contributed by atoms with Crippen LogP contribution in [0.4, 0.5) is 5.69 Å². The lowest BCUT2D eigenvalue weighted by Crippen LogP contribution is -2.36. The predicted octanol–water partition coefficient (Wildman–Crippen LogP) is 6.29. The number of fused-ring (bicyclic) bond motifs is 1. The molecule has 192 valence electrons. The summed E-state index contributed by atoms with van der Waals surface area (Å²) in [5, 5.41) is 7.44. The third kappa shape index (κ3) is 6.06. The maximum atomic E-state index is 6.19. The van der Waals surface area contributed by atoms with Crippen LogP contribution in [0.3, 0.4) is 0 Å². The van der Waals surface area contributed by atoms with E-state index in [0.717, 1.165) is 41.2 Å². The number of methoxy groups -OCH3 is 1. The molecule has 7 nitrogen and oxygen atoms in total. The van der Waals surface area contributed by atoms with Crippen LogP contribution < -0.4 is 11.1 Å². The fourth-order valence-electron chi connectivity index (χ4n) is 4.07. The Labute approximate surface area is 226 Å². The summed E-state index contributed by atoms with van der Waals surface area (Å²) in [6.07, 6.45) is 9.13. The molecule has 1 aromatic carbocycles. The first-order valence-corrected chi connectivity index (χ1v) is 13.5. The monoisotopic (exact) mass is 547 g/mol. The Morgan fingerprint density at radius 3 is 2.81 bits per heavy atom. The number of hydrogen-bond acceptors (Lipinski definition) is 8. The van der Waals surface area contributed by atoms with Crippen LogP contribution in [-0.2, 0) is 16.1 Å². The summed E-state index contributed by atoms with van der Waals surface area (Å²) in [5.41, 5.74) is 8.63. The van der Waals surface area contributed by atoms with Crippen LogP contribution in [0.15, 0.2) is 63.6 Å². The van der Waals surface area contributed by atoms with E-state index in [1.54, 1.807) is 36.9 Å².